The van der Waals surface area contributed by atoms with Crippen LogP contribution in [0, 0.1) is 5.82 Å². The first-order chi connectivity index (χ1) is 13.3. The van der Waals surface area contributed by atoms with Gasteiger partial charge in [0.1, 0.15) is 35.7 Å². The first kappa shape index (κ1) is 21.0. The van der Waals surface area contributed by atoms with Crippen molar-refractivity contribution in [2.45, 2.75) is 19.1 Å². The summed E-state index contributed by atoms with van der Waals surface area (Å²) in [6.45, 7) is 0.803. The molecule has 1 atom stereocenters. The molecule has 0 heterocycles. The van der Waals surface area contributed by atoms with Gasteiger partial charge in [0.05, 0.1) is 6.61 Å². The molecule has 7 nitrogen and oxygen atoms in total. The highest BCUT2D eigenvalue weighted by molar-refractivity contribution is 6.46. The Kier molecular flexibility index (Phi) is 6.84. The van der Waals surface area contributed by atoms with Gasteiger partial charge < -0.3 is 25.7 Å². The number of aldehydes is 1. The molecule has 4 N–H and O–H groups in total. The number of rotatable bonds is 8. The molecule has 28 heavy (non-hydrogen) atoms. The van der Waals surface area contributed by atoms with Gasteiger partial charge in [0.15, 0.2) is 0 Å². The van der Waals surface area contributed by atoms with E-state index in [1.54, 1.807) is 24.3 Å². The number of aliphatic hydroxyl groups is 1. The molecule has 1 amide bonds. The molecule has 0 saturated heterocycles. The molecule has 0 aliphatic carbocycles. The van der Waals surface area contributed by atoms with Gasteiger partial charge in [0.25, 0.3) is 5.91 Å². The zero-order chi connectivity index (χ0) is 20.7. The van der Waals surface area contributed by atoms with Crippen molar-refractivity contribution in [3.8, 4) is 5.75 Å². The summed E-state index contributed by atoms with van der Waals surface area (Å²) in [6.07, 6.45) is 0.440. The van der Waals surface area contributed by atoms with Crippen molar-refractivity contribution in [2.24, 2.45) is 4.99 Å². The monoisotopic (exact) mass is 387 g/mol. The summed E-state index contributed by atoms with van der Waals surface area (Å²) in [5.41, 5.74) is 5.43. The van der Waals surface area contributed by atoms with E-state index in [0.717, 1.165) is 0 Å². The third kappa shape index (κ3) is 4.92. The second-order valence-electron chi connectivity index (χ2n) is 6.35. The number of nitrogen functional groups attached to an aromatic ring is 1. The minimum Gasteiger partial charge on any atom is -0.489 e. The first-order valence-electron chi connectivity index (χ1n) is 8.46. The maximum atomic E-state index is 13.7. The van der Waals surface area contributed by atoms with Crippen LogP contribution in [-0.4, -0.2) is 42.2 Å². The molecular formula is C20H22FN3O4. The number of aliphatic hydroxyl groups excluding tert-OH is 1. The average molecular weight is 387 g/mol. The Morgan fingerprint density at radius 3 is 2.68 bits per heavy atom. The summed E-state index contributed by atoms with van der Waals surface area (Å²) in [5.74, 6) is -0.698. The molecule has 2 rings (SSSR count). The van der Waals surface area contributed by atoms with Crippen LogP contribution in [0.2, 0.25) is 0 Å². The largest absolute Gasteiger partial charge is 0.489 e. The summed E-state index contributed by atoms with van der Waals surface area (Å²) in [6, 6.07) is 10.9. The molecular weight excluding hydrogens is 365 g/mol. The van der Waals surface area contributed by atoms with Crippen LogP contribution < -0.4 is 15.8 Å². The van der Waals surface area contributed by atoms with E-state index in [1.165, 1.54) is 32.2 Å². The number of nitrogens with one attached hydrogen (secondary N) is 1. The second kappa shape index (κ2) is 9.09. The standard InChI is InChI=1S/C20H22FN3O4/c1-20(11-25,12-26)24-19(27)18(23-2)15-9-14(7-8-17(15)22)28-10-13-5-3-4-6-16(13)21/h3-9,11,26H,10,12,22H2,1-2H3,(H,24,27). The van der Waals surface area contributed by atoms with Gasteiger partial charge in [-0.3, -0.25) is 9.79 Å². The number of hydrogen-bond donors (Lipinski definition) is 3. The van der Waals surface area contributed by atoms with Gasteiger partial charge >= 0.3 is 0 Å². The minimum absolute atomic E-state index is 0.00540. The van der Waals surface area contributed by atoms with E-state index in [-0.39, 0.29) is 29.4 Å². The number of nitrogens with zero attached hydrogens (tertiary/aromatic N) is 1. The lowest BCUT2D eigenvalue weighted by Gasteiger charge is -2.22. The fourth-order valence-corrected chi connectivity index (χ4v) is 2.38. The van der Waals surface area contributed by atoms with Gasteiger partial charge in [-0.25, -0.2) is 4.39 Å². The van der Waals surface area contributed by atoms with Crippen LogP contribution in [0.4, 0.5) is 10.1 Å². The number of nitrogens with two attached hydrogens (primary N) is 1. The summed E-state index contributed by atoms with van der Waals surface area (Å²) in [5, 5.41) is 11.7. The number of aliphatic imine (C=N–C) groups is 1. The Morgan fingerprint density at radius 2 is 2.07 bits per heavy atom. The summed E-state index contributed by atoms with van der Waals surface area (Å²) in [7, 11) is 1.40. The highest BCUT2D eigenvalue weighted by atomic mass is 19.1. The summed E-state index contributed by atoms with van der Waals surface area (Å²) >= 11 is 0. The van der Waals surface area contributed by atoms with E-state index in [9.17, 15) is 19.1 Å². The Balaban J connectivity index is 2.24. The molecule has 2 aromatic carbocycles. The maximum Gasteiger partial charge on any atom is 0.270 e. The van der Waals surface area contributed by atoms with Crippen molar-refractivity contribution < 1.29 is 23.8 Å². The van der Waals surface area contributed by atoms with Crippen molar-refractivity contribution in [3.63, 3.8) is 0 Å². The lowest BCUT2D eigenvalue weighted by atomic mass is 10.0. The van der Waals surface area contributed by atoms with Crippen molar-refractivity contribution in [1.29, 1.82) is 0 Å². The minimum atomic E-state index is -1.44. The quantitative estimate of drug-likeness (QED) is 0.361. The van der Waals surface area contributed by atoms with Crippen LogP contribution in [0.15, 0.2) is 47.5 Å². The number of anilines is 1. The van der Waals surface area contributed by atoms with Crippen LogP contribution in [0.3, 0.4) is 0 Å². The number of halogens is 1. The number of carbonyl (C=O) groups is 2. The fourth-order valence-electron chi connectivity index (χ4n) is 2.38. The Labute approximate surface area is 162 Å². The van der Waals surface area contributed by atoms with Crippen LogP contribution >= 0.6 is 0 Å². The first-order valence-corrected chi connectivity index (χ1v) is 8.46. The third-order valence-electron chi connectivity index (χ3n) is 4.06. The lowest BCUT2D eigenvalue weighted by molar-refractivity contribution is -0.122. The van der Waals surface area contributed by atoms with Crippen molar-refractivity contribution in [3.05, 3.63) is 59.4 Å². The Bertz CT molecular complexity index is 901. The molecule has 0 aromatic heterocycles. The lowest BCUT2D eigenvalue weighted by Crippen LogP contribution is -2.52. The van der Waals surface area contributed by atoms with E-state index < -0.39 is 18.1 Å². The molecule has 0 bridgehead atoms. The van der Waals surface area contributed by atoms with Gasteiger partial charge in [-0.15, -0.1) is 0 Å². The highest BCUT2D eigenvalue weighted by Crippen LogP contribution is 2.22. The van der Waals surface area contributed by atoms with Crippen molar-refractivity contribution >= 4 is 23.6 Å². The number of hydrogen-bond acceptors (Lipinski definition) is 6. The normalized spacial score (nSPS) is 13.5. The van der Waals surface area contributed by atoms with Crippen LogP contribution in [0.25, 0.3) is 0 Å². The van der Waals surface area contributed by atoms with Crippen molar-refractivity contribution in [1.82, 2.24) is 5.32 Å². The molecule has 148 valence electrons. The van der Waals surface area contributed by atoms with Crippen LogP contribution in [0.1, 0.15) is 18.1 Å². The van der Waals surface area contributed by atoms with Gasteiger partial charge in [-0.05, 0) is 31.2 Å². The topological polar surface area (TPSA) is 114 Å². The predicted molar refractivity (Wildman–Crippen MR) is 104 cm³/mol. The molecule has 2 aromatic rings. The molecule has 8 heteroatoms. The Hall–Kier alpha value is -3.26. The van der Waals surface area contributed by atoms with E-state index in [0.29, 0.717) is 17.6 Å². The van der Waals surface area contributed by atoms with E-state index in [1.807, 2.05) is 0 Å². The molecule has 0 spiro atoms. The van der Waals surface area contributed by atoms with Crippen molar-refractivity contribution in [2.75, 3.05) is 19.4 Å². The summed E-state index contributed by atoms with van der Waals surface area (Å²) in [4.78, 5) is 27.6. The van der Waals surface area contributed by atoms with E-state index >= 15 is 0 Å². The molecule has 0 fully saturated rings. The third-order valence-corrected chi connectivity index (χ3v) is 4.06. The van der Waals surface area contributed by atoms with Gasteiger partial charge in [-0.2, -0.15) is 0 Å². The molecule has 0 radical (unpaired) electrons. The highest BCUT2D eigenvalue weighted by Gasteiger charge is 2.28. The number of amides is 1. The van der Waals surface area contributed by atoms with Gasteiger partial charge in [0, 0.05) is 23.9 Å². The number of carbonyl (C=O) groups excluding carboxylic acids is 2. The average Bonchev–Trinajstić information content (AvgIpc) is 2.69. The molecule has 1 unspecified atom stereocenters. The number of benzene rings is 2. The molecule has 0 aliphatic rings. The maximum absolute atomic E-state index is 13.7. The Morgan fingerprint density at radius 1 is 1.36 bits per heavy atom. The van der Waals surface area contributed by atoms with Crippen LogP contribution in [0.5, 0.6) is 5.75 Å². The molecule has 0 aliphatic heterocycles. The zero-order valence-corrected chi connectivity index (χ0v) is 15.6. The van der Waals surface area contributed by atoms with Gasteiger partial charge in [-0.1, -0.05) is 18.2 Å². The smallest absolute Gasteiger partial charge is 0.270 e. The number of ether oxygens (including phenoxy) is 1. The SMILES string of the molecule is CN=C(C(=O)NC(C)(C=O)CO)c1cc(OCc2ccccc2F)ccc1N. The molecule has 0 saturated carbocycles. The predicted octanol–water partition coefficient (Wildman–Crippen LogP) is 1.47. The second-order valence-corrected chi connectivity index (χ2v) is 6.35. The van der Waals surface area contributed by atoms with Gasteiger partial charge in [0.2, 0.25) is 0 Å². The van der Waals surface area contributed by atoms with E-state index in [4.69, 9.17) is 10.5 Å². The zero-order valence-electron chi connectivity index (χ0n) is 15.6. The van der Waals surface area contributed by atoms with E-state index in [2.05, 4.69) is 10.3 Å². The summed E-state index contributed by atoms with van der Waals surface area (Å²) < 4.78 is 19.3. The fraction of sp³-hybridized carbons (Fsp3) is 0.250. The van der Waals surface area contributed by atoms with Crippen LogP contribution in [-0.2, 0) is 16.2 Å².